The molecule has 11 atom stereocenters. The van der Waals surface area contributed by atoms with E-state index >= 15 is 0 Å². The maximum absolute atomic E-state index is 13.9. The normalized spacial score (nSPS) is 42.8. The number of esters is 1. The summed E-state index contributed by atoms with van der Waals surface area (Å²) in [5.41, 5.74) is 0.510. The van der Waals surface area contributed by atoms with E-state index in [9.17, 15) is 18.3 Å². The number of fused-ring (bicyclic) bond motifs is 2. The van der Waals surface area contributed by atoms with Crippen molar-refractivity contribution in [3.63, 3.8) is 0 Å². The average molecular weight is 514 g/mol. The molecule has 0 amide bonds. The summed E-state index contributed by atoms with van der Waals surface area (Å²) < 4.78 is 34.3. The van der Waals surface area contributed by atoms with E-state index in [4.69, 9.17) is 4.74 Å². The van der Waals surface area contributed by atoms with Crippen LogP contribution in [0, 0.1) is 46.8 Å². The minimum absolute atomic E-state index is 0.130. The minimum atomic E-state index is -3.59. The molecule has 1 aromatic carbocycles. The zero-order chi connectivity index (χ0) is 26.0. The second kappa shape index (κ2) is 9.10. The van der Waals surface area contributed by atoms with Crippen molar-refractivity contribution in [3.05, 3.63) is 60.2 Å². The molecule has 0 spiro atoms. The Kier molecular flexibility index (Phi) is 6.49. The molecule has 1 aliphatic heterocycles. The van der Waals surface area contributed by atoms with Gasteiger partial charge in [-0.2, -0.15) is 0 Å². The van der Waals surface area contributed by atoms with Gasteiger partial charge in [0.05, 0.1) is 17.8 Å². The molecule has 3 fully saturated rings. The first-order chi connectivity index (χ1) is 16.9. The van der Waals surface area contributed by atoms with Crippen LogP contribution in [0.4, 0.5) is 0 Å². The summed E-state index contributed by atoms with van der Waals surface area (Å²) in [6.07, 6.45) is 6.55. The number of hydrogen-bond acceptors (Lipinski definition) is 5. The van der Waals surface area contributed by atoms with Gasteiger partial charge in [-0.05, 0) is 54.1 Å². The Balaban J connectivity index is 1.67. The van der Waals surface area contributed by atoms with E-state index in [-0.39, 0.29) is 23.7 Å². The van der Waals surface area contributed by atoms with Gasteiger partial charge in [0.25, 0.3) is 0 Å². The summed E-state index contributed by atoms with van der Waals surface area (Å²) in [5.74, 6) is -0.229. The summed E-state index contributed by atoms with van der Waals surface area (Å²) in [5, 5.41) is 11.6. The minimum Gasteiger partial charge on any atom is -0.461 e. The van der Waals surface area contributed by atoms with Crippen LogP contribution in [0.25, 0.3) is 0 Å². The van der Waals surface area contributed by atoms with Crippen molar-refractivity contribution in [2.75, 3.05) is 6.26 Å². The summed E-state index contributed by atoms with van der Waals surface area (Å²) >= 11 is 0. The van der Waals surface area contributed by atoms with Crippen LogP contribution in [-0.4, -0.2) is 44.0 Å². The van der Waals surface area contributed by atoms with Gasteiger partial charge in [0.1, 0.15) is 6.10 Å². The summed E-state index contributed by atoms with van der Waals surface area (Å²) in [7, 11) is -3.59. The third-order valence-corrected chi connectivity index (χ3v) is 10.3. The quantitative estimate of drug-likeness (QED) is 0.462. The van der Waals surface area contributed by atoms with Crippen molar-refractivity contribution in [1.29, 1.82) is 0 Å². The standard InChI is InChI=1S/C29H39NO5S/c1-16-13-17(2)21-11-12-29-24(23(30-36(5,33)34)15-20-9-7-6-8-10-20)18(3)19(4)26(31)25(29)27(22(21)14-16)35-28(29)32/h6-12,16-18,21-27,30-31H,4,13-15H2,1-3,5H3/t16-,17+,18-,21-,22-,23+,24+,25-,26-,27+,29-/m1/s1. The Morgan fingerprint density at radius 3 is 2.56 bits per heavy atom. The number of hydrogen-bond donors (Lipinski definition) is 2. The molecular formula is C29H39NO5S. The number of carbonyl (C=O) groups excluding carboxylic acids is 1. The number of aliphatic hydroxyl groups excluding tert-OH is 1. The van der Waals surface area contributed by atoms with Gasteiger partial charge < -0.3 is 9.84 Å². The van der Waals surface area contributed by atoms with E-state index in [1.165, 1.54) is 0 Å². The van der Waals surface area contributed by atoms with E-state index < -0.39 is 45.5 Å². The first-order valence-corrected chi connectivity index (χ1v) is 15.1. The fourth-order valence-electron chi connectivity index (χ4n) is 8.25. The molecule has 2 bridgehead atoms. The van der Waals surface area contributed by atoms with Crippen LogP contribution in [0.3, 0.4) is 0 Å². The molecule has 0 radical (unpaired) electrons. The second-order valence-corrected chi connectivity index (χ2v) is 13.8. The van der Waals surface area contributed by atoms with Gasteiger partial charge in [-0.3, -0.25) is 4.79 Å². The highest BCUT2D eigenvalue weighted by atomic mass is 32.2. The van der Waals surface area contributed by atoms with Gasteiger partial charge in [0.15, 0.2) is 0 Å². The van der Waals surface area contributed by atoms with Crippen LogP contribution in [0.1, 0.15) is 39.2 Å². The van der Waals surface area contributed by atoms with Gasteiger partial charge in [-0.1, -0.05) is 69.8 Å². The van der Waals surface area contributed by atoms with Crippen LogP contribution in [0.5, 0.6) is 0 Å². The van der Waals surface area contributed by atoms with E-state index in [0.29, 0.717) is 23.8 Å². The first-order valence-electron chi connectivity index (χ1n) is 13.2. The lowest BCUT2D eigenvalue weighted by molar-refractivity contribution is -0.153. The van der Waals surface area contributed by atoms with Crippen molar-refractivity contribution in [2.45, 2.75) is 58.3 Å². The van der Waals surface area contributed by atoms with Gasteiger partial charge in [0.2, 0.25) is 10.0 Å². The maximum Gasteiger partial charge on any atom is 0.317 e. The van der Waals surface area contributed by atoms with Crippen LogP contribution in [0.2, 0.25) is 0 Å². The van der Waals surface area contributed by atoms with Crippen molar-refractivity contribution >= 4 is 16.0 Å². The van der Waals surface area contributed by atoms with Crippen molar-refractivity contribution < 1.29 is 23.1 Å². The van der Waals surface area contributed by atoms with Crippen LogP contribution < -0.4 is 4.72 Å². The Morgan fingerprint density at radius 2 is 1.89 bits per heavy atom. The molecular weight excluding hydrogens is 474 g/mol. The molecule has 196 valence electrons. The van der Waals surface area contributed by atoms with Crippen LogP contribution in [0.15, 0.2) is 54.6 Å². The highest BCUT2D eigenvalue weighted by Crippen LogP contribution is 2.63. The van der Waals surface area contributed by atoms with Crippen LogP contribution >= 0.6 is 0 Å². The van der Waals surface area contributed by atoms with E-state index in [1.807, 2.05) is 43.3 Å². The molecule has 4 aliphatic rings. The molecule has 1 aromatic rings. The second-order valence-electron chi connectivity index (χ2n) is 12.0. The molecule has 6 nitrogen and oxygen atoms in total. The highest BCUT2D eigenvalue weighted by Gasteiger charge is 2.70. The van der Waals surface area contributed by atoms with E-state index in [2.05, 4.69) is 31.2 Å². The molecule has 0 unspecified atom stereocenters. The Hall–Kier alpha value is -1.96. The number of allylic oxidation sites excluding steroid dienone is 1. The number of carbonyl (C=O) groups is 1. The molecule has 1 heterocycles. The molecule has 3 aliphatic carbocycles. The fourth-order valence-corrected chi connectivity index (χ4v) is 9.03. The number of aliphatic hydroxyl groups is 1. The van der Waals surface area contributed by atoms with Crippen LogP contribution in [-0.2, 0) is 26.0 Å². The van der Waals surface area contributed by atoms with Crippen molar-refractivity contribution in [3.8, 4) is 0 Å². The lowest BCUT2D eigenvalue weighted by Gasteiger charge is -2.51. The molecule has 2 N–H and O–H groups in total. The Labute approximate surface area is 215 Å². The molecule has 7 heteroatoms. The van der Waals surface area contributed by atoms with Crippen molar-refractivity contribution in [2.24, 2.45) is 46.8 Å². The van der Waals surface area contributed by atoms with Crippen molar-refractivity contribution in [1.82, 2.24) is 4.72 Å². The summed E-state index contributed by atoms with van der Waals surface area (Å²) in [6.45, 7) is 10.7. The monoisotopic (exact) mass is 513 g/mol. The number of benzene rings is 1. The number of sulfonamides is 1. The Morgan fingerprint density at radius 1 is 1.19 bits per heavy atom. The van der Waals surface area contributed by atoms with E-state index in [1.54, 1.807) is 0 Å². The number of rotatable bonds is 5. The third-order valence-electron chi connectivity index (χ3n) is 9.61. The lowest BCUT2D eigenvalue weighted by atomic mass is 9.51. The predicted molar refractivity (Wildman–Crippen MR) is 139 cm³/mol. The van der Waals surface area contributed by atoms with Gasteiger partial charge in [-0.15, -0.1) is 0 Å². The molecule has 2 saturated carbocycles. The molecule has 0 aromatic heterocycles. The number of nitrogens with one attached hydrogen (secondary N) is 1. The van der Waals surface area contributed by atoms with E-state index in [0.717, 1.165) is 24.7 Å². The Bertz CT molecular complexity index is 1160. The topological polar surface area (TPSA) is 92.7 Å². The predicted octanol–water partition coefficient (Wildman–Crippen LogP) is 3.73. The summed E-state index contributed by atoms with van der Waals surface area (Å²) in [4.78, 5) is 13.9. The molecule has 1 saturated heterocycles. The molecule has 36 heavy (non-hydrogen) atoms. The smallest absolute Gasteiger partial charge is 0.317 e. The maximum atomic E-state index is 13.9. The molecule has 5 rings (SSSR count). The fraction of sp³-hybridized carbons (Fsp3) is 0.621. The zero-order valence-electron chi connectivity index (χ0n) is 21.6. The summed E-state index contributed by atoms with van der Waals surface area (Å²) in [6, 6.07) is 9.16. The van der Waals surface area contributed by atoms with Gasteiger partial charge in [-0.25, -0.2) is 13.1 Å². The zero-order valence-corrected chi connectivity index (χ0v) is 22.4. The largest absolute Gasteiger partial charge is 0.461 e. The van der Waals surface area contributed by atoms with Gasteiger partial charge in [0, 0.05) is 23.8 Å². The SMILES string of the molecule is C=C1[C@@H](C)[C@@H]([C@H](Cc2ccccc2)NS(C)(=O)=O)[C@@]23C=C[C@H]4[C@@H](C[C@H](C)C[C@@H]4C)[C@H](OC2=O)[C@H]3[C@@H]1O. The van der Waals surface area contributed by atoms with Gasteiger partial charge >= 0.3 is 5.97 Å². The lowest BCUT2D eigenvalue weighted by Crippen LogP contribution is -2.60. The number of ether oxygens (including phenoxy) is 1. The average Bonchev–Trinajstić information content (AvgIpc) is 3.00. The third kappa shape index (κ3) is 4.07. The highest BCUT2D eigenvalue weighted by molar-refractivity contribution is 7.88. The first kappa shape index (κ1) is 25.7.